The summed E-state index contributed by atoms with van der Waals surface area (Å²) in [6, 6.07) is 7.64. The fourth-order valence-electron chi connectivity index (χ4n) is 6.60. The molecule has 0 radical (unpaired) electrons. The highest BCUT2D eigenvalue weighted by molar-refractivity contribution is 7.91. The van der Waals surface area contributed by atoms with Gasteiger partial charge in [-0.15, -0.1) is 0 Å². The third-order valence-electron chi connectivity index (χ3n) is 9.60. The van der Waals surface area contributed by atoms with E-state index in [0.717, 1.165) is 31.4 Å². The summed E-state index contributed by atoms with van der Waals surface area (Å²) < 4.78 is 47.7. The normalized spacial score (nSPS) is 28.4. The molecule has 0 unspecified atom stereocenters. The van der Waals surface area contributed by atoms with E-state index in [9.17, 15) is 27.9 Å². The fraction of sp³-hybridized carbons (Fsp3) is 0.500. The van der Waals surface area contributed by atoms with Crippen LogP contribution in [0.2, 0.25) is 0 Å². The van der Waals surface area contributed by atoms with E-state index in [1.165, 1.54) is 4.90 Å². The molecule has 10 nitrogen and oxygen atoms in total. The van der Waals surface area contributed by atoms with Gasteiger partial charge in [-0.1, -0.05) is 12.1 Å². The largest absolute Gasteiger partial charge is 0.490 e. The maximum absolute atomic E-state index is 15.4. The molecule has 42 heavy (non-hydrogen) atoms. The molecular weight excluding hydrogens is 565 g/mol. The van der Waals surface area contributed by atoms with E-state index in [0.29, 0.717) is 49.8 Å². The summed E-state index contributed by atoms with van der Waals surface area (Å²) in [5.74, 6) is -3.26. The molecule has 4 N–H and O–H groups in total. The Morgan fingerprint density at radius 3 is 2.29 bits per heavy atom. The lowest BCUT2D eigenvalue weighted by Gasteiger charge is -2.51. The summed E-state index contributed by atoms with van der Waals surface area (Å²) >= 11 is 0. The van der Waals surface area contributed by atoms with Crippen LogP contribution >= 0.6 is 0 Å². The Hall–Kier alpha value is -3.51. The van der Waals surface area contributed by atoms with Gasteiger partial charge in [-0.3, -0.25) is 14.4 Å². The van der Waals surface area contributed by atoms with Gasteiger partial charge in [-0.2, -0.15) is 0 Å². The van der Waals surface area contributed by atoms with Gasteiger partial charge in [0, 0.05) is 5.54 Å². The van der Waals surface area contributed by atoms with Crippen LogP contribution in [-0.4, -0.2) is 54.7 Å². The van der Waals surface area contributed by atoms with Crippen molar-refractivity contribution in [2.24, 2.45) is 11.1 Å². The Morgan fingerprint density at radius 1 is 1.07 bits per heavy atom. The number of rotatable bonds is 7. The van der Waals surface area contributed by atoms with E-state index in [2.05, 4.69) is 5.32 Å². The van der Waals surface area contributed by atoms with Crippen LogP contribution in [-0.2, 0) is 26.0 Å². The predicted octanol–water partition coefficient (Wildman–Crippen LogP) is 3.31. The van der Waals surface area contributed by atoms with Gasteiger partial charge in [0.15, 0.2) is 9.84 Å². The van der Waals surface area contributed by atoms with Crippen LogP contribution in [0.15, 0.2) is 41.3 Å². The minimum atomic E-state index is -4.15. The number of nitrogens with zero attached hydrogens (tertiary/aromatic N) is 1. The van der Waals surface area contributed by atoms with Crippen LogP contribution in [0, 0.1) is 11.2 Å². The third-order valence-corrected chi connectivity index (χ3v) is 11.4. The fourth-order valence-corrected chi connectivity index (χ4v) is 8.16. The highest BCUT2D eigenvalue weighted by Gasteiger charge is 2.53. The second kappa shape index (κ2) is 10.3. The van der Waals surface area contributed by atoms with E-state index in [-0.39, 0.29) is 18.3 Å². The molecule has 4 saturated carbocycles. The monoisotopic (exact) mass is 599 g/mol. The molecular formula is C30H34FN3O7S. The third kappa shape index (κ3) is 5.04. The summed E-state index contributed by atoms with van der Waals surface area (Å²) in [6.45, 7) is -0.0489. The van der Waals surface area contributed by atoms with E-state index < -0.39 is 66.6 Å². The second-order valence-corrected chi connectivity index (χ2v) is 14.2. The minimum Gasteiger partial charge on any atom is -0.490 e. The zero-order chi connectivity index (χ0) is 29.9. The van der Waals surface area contributed by atoms with Crippen LogP contribution in [0.25, 0.3) is 0 Å². The van der Waals surface area contributed by atoms with Crippen LogP contribution in [0.1, 0.15) is 73.7 Å². The molecule has 4 aliphatic carbocycles. The number of nitrogens with two attached hydrogens (primary N) is 1. The van der Waals surface area contributed by atoms with Gasteiger partial charge in [0.1, 0.15) is 11.6 Å². The van der Waals surface area contributed by atoms with Crippen molar-refractivity contribution in [2.45, 2.75) is 86.9 Å². The molecule has 2 aromatic rings. The lowest BCUT2D eigenvalue weighted by atomic mass is 9.57. The first-order valence-electron chi connectivity index (χ1n) is 14.4. The maximum atomic E-state index is 15.4. The first kappa shape index (κ1) is 28.6. The number of hydrogen-bond acceptors (Lipinski definition) is 7. The Morgan fingerprint density at radius 2 is 1.71 bits per heavy atom. The average Bonchev–Trinajstić information content (AvgIpc) is 3.00. The SMILES string of the molecule is N[C@H]1CS(=O)(=O)c2cc(F)c(C(=O)NC34CCC(C(=O)O)(CC3)CC4)cc2N(Cc2ccc(OC3CCC3)cc2)C1=O. The molecule has 0 spiro atoms. The number of hydrogen-bond donors (Lipinski definition) is 3. The maximum Gasteiger partial charge on any atom is 0.309 e. The van der Waals surface area contributed by atoms with Crippen LogP contribution < -0.4 is 20.7 Å². The molecule has 5 aliphatic rings. The molecule has 1 heterocycles. The van der Waals surface area contributed by atoms with Crippen molar-refractivity contribution in [3.05, 3.63) is 53.3 Å². The number of aliphatic carboxylic acids is 1. The number of fused-ring (bicyclic) bond motifs is 4. The predicted molar refractivity (Wildman–Crippen MR) is 150 cm³/mol. The summed E-state index contributed by atoms with van der Waals surface area (Å²) in [5.41, 5.74) is 4.73. The second-order valence-electron chi connectivity index (χ2n) is 12.2. The van der Waals surface area contributed by atoms with Gasteiger partial charge >= 0.3 is 5.97 Å². The van der Waals surface area contributed by atoms with Crippen molar-refractivity contribution in [1.82, 2.24) is 5.32 Å². The van der Waals surface area contributed by atoms with Gasteiger partial charge in [0.2, 0.25) is 5.91 Å². The highest BCUT2D eigenvalue weighted by Crippen LogP contribution is 2.52. The van der Waals surface area contributed by atoms with Crippen molar-refractivity contribution < 1.29 is 37.0 Å². The number of anilines is 1. The molecule has 2 aromatic carbocycles. The van der Waals surface area contributed by atoms with Gasteiger partial charge in [-0.25, -0.2) is 12.8 Å². The van der Waals surface area contributed by atoms with Crippen LogP contribution in [0.3, 0.4) is 0 Å². The van der Waals surface area contributed by atoms with E-state index in [4.69, 9.17) is 10.5 Å². The lowest BCUT2D eigenvalue weighted by molar-refractivity contribution is -0.156. The molecule has 2 amide bonds. The van der Waals surface area contributed by atoms with Gasteiger partial charge in [-0.05, 0) is 87.6 Å². The molecule has 1 aliphatic heterocycles. The van der Waals surface area contributed by atoms with Crippen molar-refractivity contribution in [1.29, 1.82) is 0 Å². The van der Waals surface area contributed by atoms with Crippen LogP contribution in [0.4, 0.5) is 10.1 Å². The summed E-state index contributed by atoms with van der Waals surface area (Å²) in [4.78, 5) is 39.5. The van der Waals surface area contributed by atoms with E-state index in [1.54, 1.807) is 24.3 Å². The highest BCUT2D eigenvalue weighted by atomic mass is 32.2. The quantitative estimate of drug-likeness (QED) is 0.438. The molecule has 224 valence electrons. The lowest BCUT2D eigenvalue weighted by Crippen LogP contribution is -2.58. The average molecular weight is 600 g/mol. The van der Waals surface area contributed by atoms with Gasteiger partial charge in [0.25, 0.3) is 5.91 Å². The number of benzene rings is 2. The Bertz CT molecular complexity index is 1530. The summed E-state index contributed by atoms with van der Waals surface area (Å²) in [5, 5.41) is 12.6. The Balaban J connectivity index is 1.30. The minimum absolute atomic E-state index is 0.0489. The Labute approximate surface area is 243 Å². The van der Waals surface area contributed by atoms with E-state index >= 15 is 4.39 Å². The smallest absolute Gasteiger partial charge is 0.309 e. The van der Waals surface area contributed by atoms with Gasteiger partial charge < -0.3 is 25.8 Å². The molecule has 7 rings (SSSR count). The number of carboxylic acid groups (broad SMARTS) is 1. The molecule has 4 fully saturated rings. The molecule has 0 saturated heterocycles. The molecule has 0 aromatic heterocycles. The number of halogens is 1. The first-order chi connectivity index (χ1) is 19.9. The zero-order valence-electron chi connectivity index (χ0n) is 23.1. The number of ether oxygens (including phenoxy) is 1. The first-order valence-corrected chi connectivity index (χ1v) is 16.0. The summed E-state index contributed by atoms with van der Waals surface area (Å²) in [7, 11) is -4.15. The van der Waals surface area contributed by atoms with Crippen molar-refractivity contribution in [3.8, 4) is 5.75 Å². The number of carbonyl (C=O) groups excluding carboxylic acids is 2. The Kier molecular flexibility index (Phi) is 7.04. The van der Waals surface area contributed by atoms with Gasteiger partial charge in [0.05, 0.1) is 46.0 Å². The number of sulfone groups is 1. The topological polar surface area (TPSA) is 156 Å². The zero-order valence-corrected chi connectivity index (χ0v) is 23.9. The number of nitrogens with one attached hydrogen (secondary N) is 1. The number of carbonyl (C=O) groups is 3. The van der Waals surface area contributed by atoms with Crippen molar-refractivity contribution in [3.63, 3.8) is 0 Å². The standard InChI is InChI=1S/C30H34FN3O7S/c31-22-15-25-24(14-21(22)26(35)33-30-11-8-29(9-12-30,10-13-30)28(37)38)34(27(36)23(32)17-42(25,39)40)16-18-4-6-20(7-5-18)41-19-2-1-3-19/h4-7,14-15,19,23H,1-3,8-13,16-17,32H2,(H,33,35)(H,37,38)/t23-,29?,30?/m0/s1. The van der Waals surface area contributed by atoms with Crippen LogP contribution in [0.5, 0.6) is 5.75 Å². The molecule has 2 bridgehead atoms. The number of carboxylic acids is 1. The number of amides is 2. The van der Waals surface area contributed by atoms with Crippen molar-refractivity contribution in [2.75, 3.05) is 10.7 Å². The molecule has 1 atom stereocenters. The van der Waals surface area contributed by atoms with E-state index in [1.807, 2.05) is 0 Å². The summed E-state index contributed by atoms with van der Waals surface area (Å²) in [6.07, 6.45) is 5.93. The van der Waals surface area contributed by atoms with Crippen molar-refractivity contribution >= 4 is 33.3 Å². The molecule has 12 heteroatoms.